The third-order valence-corrected chi connectivity index (χ3v) is 2.14. The van der Waals surface area contributed by atoms with Crippen molar-refractivity contribution in [2.24, 2.45) is 0 Å². The number of alkyl halides is 2. The Labute approximate surface area is 92.9 Å². The summed E-state index contributed by atoms with van der Waals surface area (Å²) in [7, 11) is 2.79. The molecule has 90 valence electrons. The van der Waals surface area contributed by atoms with Crippen LogP contribution in [0.25, 0.3) is 0 Å². The number of ether oxygens (including phenoxy) is 3. The van der Waals surface area contributed by atoms with Gasteiger partial charge in [-0.2, -0.15) is 8.78 Å². The van der Waals surface area contributed by atoms with Crippen LogP contribution in [0.1, 0.15) is 12.5 Å². The molecule has 0 fully saturated rings. The average molecular weight is 232 g/mol. The van der Waals surface area contributed by atoms with E-state index in [9.17, 15) is 8.78 Å². The second kappa shape index (κ2) is 5.53. The molecule has 1 rings (SSSR count). The van der Waals surface area contributed by atoms with E-state index in [2.05, 4.69) is 4.74 Å². The summed E-state index contributed by atoms with van der Waals surface area (Å²) in [6.45, 7) is -0.961. The molecule has 1 aromatic rings. The first-order chi connectivity index (χ1) is 7.62. The average Bonchev–Trinajstić information content (AvgIpc) is 2.28. The van der Waals surface area contributed by atoms with Crippen molar-refractivity contribution in [3.8, 4) is 17.2 Å². The van der Waals surface area contributed by atoms with E-state index in [0.717, 1.165) is 12.0 Å². The van der Waals surface area contributed by atoms with Gasteiger partial charge in [0.2, 0.25) is 5.75 Å². The van der Waals surface area contributed by atoms with Crippen molar-refractivity contribution >= 4 is 0 Å². The molecular formula is C11H14F2O3. The highest BCUT2D eigenvalue weighted by molar-refractivity contribution is 5.53. The first-order valence-electron chi connectivity index (χ1n) is 4.82. The lowest BCUT2D eigenvalue weighted by Crippen LogP contribution is -2.05. The zero-order valence-corrected chi connectivity index (χ0v) is 9.42. The molecule has 0 aliphatic carbocycles. The summed E-state index contributed by atoms with van der Waals surface area (Å²) in [5.74, 6) is 0.421. The smallest absolute Gasteiger partial charge is 0.387 e. The lowest BCUT2D eigenvalue weighted by Gasteiger charge is -2.14. The number of methoxy groups -OCH3 is 2. The zero-order valence-electron chi connectivity index (χ0n) is 9.42. The second-order valence-corrected chi connectivity index (χ2v) is 3.06. The number of rotatable bonds is 5. The summed E-state index contributed by atoms with van der Waals surface area (Å²) in [6.07, 6.45) is 0.752. The van der Waals surface area contributed by atoms with Crippen molar-refractivity contribution in [3.05, 3.63) is 17.7 Å². The molecule has 5 heteroatoms. The van der Waals surface area contributed by atoms with Crippen LogP contribution in [-0.2, 0) is 6.42 Å². The maximum Gasteiger partial charge on any atom is 0.387 e. The molecule has 1 aromatic carbocycles. The minimum absolute atomic E-state index is 0.0720. The molecule has 0 aromatic heterocycles. The van der Waals surface area contributed by atoms with Crippen molar-refractivity contribution < 1.29 is 23.0 Å². The lowest BCUT2D eigenvalue weighted by molar-refractivity contribution is -0.0526. The quantitative estimate of drug-likeness (QED) is 0.781. The Morgan fingerprint density at radius 2 is 1.62 bits per heavy atom. The highest BCUT2D eigenvalue weighted by Crippen LogP contribution is 2.39. The Bertz CT molecular complexity index is 328. The summed E-state index contributed by atoms with van der Waals surface area (Å²) >= 11 is 0. The molecule has 0 radical (unpaired) electrons. The fraction of sp³-hybridized carbons (Fsp3) is 0.455. The maximum atomic E-state index is 12.2. The van der Waals surface area contributed by atoms with Gasteiger partial charge in [0.1, 0.15) is 0 Å². The monoisotopic (exact) mass is 232 g/mol. The van der Waals surface area contributed by atoms with E-state index >= 15 is 0 Å². The molecule has 0 bridgehead atoms. The number of benzene rings is 1. The van der Waals surface area contributed by atoms with E-state index in [-0.39, 0.29) is 17.2 Å². The molecule has 16 heavy (non-hydrogen) atoms. The van der Waals surface area contributed by atoms with E-state index in [1.165, 1.54) is 14.2 Å². The Morgan fingerprint density at radius 3 is 1.94 bits per heavy atom. The van der Waals surface area contributed by atoms with Gasteiger partial charge in [-0.25, -0.2) is 0 Å². The standard InChI is InChI=1S/C11H14F2O3/c1-4-7-5-8(14-2)10(16-11(12)13)9(6-7)15-3/h5-6,11H,4H2,1-3H3. The predicted octanol–water partition coefficient (Wildman–Crippen LogP) is 2.87. The van der Waals surface area contributed by atoms with Crippen LogP contribution in [-0.4, -0.2) is 20.8 Å². The van der Waals surface area contributed by atoms with Crippen LogP contribution < -0.4 is 14.2 Å². The van der Waals surface area contributed by atoms with Crippen molar-refractivity contribution in [2.75, 3.05) is 14.2 Å². The molecule has 0 aliphatic heterocycles. The normalized spacial score (nSPS) is 10.4. The molecule has 0 unspecified atom stereocenters. The molecule has 0 heterocycles. The molecule has 0 N–H and O–H groups in total. The van der Waals surface area contributed by atoms with Crippen LogP contribution in [0.3, 0.4) is 0 Å². The molecule has 0 spiro atoms. The van der Waals surface area contributed by atoms with Gasteiger partial charge in [-0.15, -0.1) is 0 Å². The van der Waals surface area contributed by atoms with Crippen molar-refractivity contribution in [1.29, 1.82) is 0 Å². The number of aryl methyl sites for hydroxylation is 1. The fourth-order valence-electron chi connectivity index (χ4n) is 1.34. The Morgan fingerprint density at radius 1 is 1.12 bits per heavy atom. The van der Waals surface area contributed by atoms with Crippen LogP contribution in [0.5, 0.6) is 17.2 Å². The molecule has 0 aliphatic rings. The number of hydrogen-bond donors (Lipinski definition) is 0. The summed E-state index contributed by atoms with van der Waals surface area (Å²) in [4.78, 5) is 0. The minimum atomic E-state index is -2.91. The first kappa shape index (κ1) is 12.5. The summed E-state index contributed by atoms with van der Waals surface area (Å²) in [5, 5.41) is 0. The zero-order chi connectivity index (χ0) is 12.1. The number of halogens is 2. The van der Waals surface area contributed by atoms with Gasteiger partial charge in [0.15, 0.2) is 11.5 Å². The lowest BCUT2D eigenvalue weighted by atomic mass is 10.1. The Kier molecular flexibility index (Phi) is 4.34. The largest absolute Gasteiger partial charge is 0.493 e. The fourth-order valence-corrected chi connectivity index (χ4v) is 1.34. The summed E-state index contributed by atoms with van der Waals surface area (Å²) < 4.78 is 38.8. The number of hydrogen-bond acceptors (Lipinski definition) is 3. The van der Waals surface area contributed by atoms with Crippen LogP contribution >= 0.6 is 0 Å². The highest BCUT2D eigenvalue weighted by Gasteiger charge is 2.17. The highest BCUT2D eigenvalue weighted by atomic mass is 19.3. The van der Waals surface area contributed by atoms with Crippen LogP contribution in [0.15, 0.2) is 12.1 Å². The van der Waals surface area contributed by atoms with Gasteiger partial charge in [0.05, 0.1) is 14.2 Å². The Hall–Kier alpha value is -1.52. The molecule has 3 nitrogen and oxygen atoms in total. The summed E-state index contributed by atoms with van der Waals surface area (Å²) in [5.41, 5.74) is 0.926. The van der Waals surface area contributed by atoms with Crippen molar-refractivity contribution in [3.63, 3.8) is 0 Å². The molecular weight excluding hydrogens is 218 g/mol. The van der Waals surface area contributed by atoms with E-state index in [4.69, 9.17) is 9.47 Å². The minimum Gasteiger partial charge on any atom is -0.493 e. The maximum absolute atomic E-state index is 12.2. The van der Waals surface area contributed by atoms with E-state index in [0.29, 0.717) is 0 Å². The molecule has 0 saturated heterocycles. The third kappa shape index (κ3) is 2.74. The van der Waals surface area contributed by atoms with Gasteiger partial charge in [-0.1, -0.05) is 6.92 Å². The van der Waals surface area contributed by atoms with Gasteiger partial charge in [-0.05, 0) is 24.1 Å². The van der Waals surface area contributed by atoms with Crippen LogP contribution in [0.4, 0.5) is 8.78 Å². The Balaban J connectivity index is 3.20. The van der Waals surface area contributed by atoms with E-state index in [1.807, 2.05) is 6.92 Å². The van der Waals surface area contributed by atoms with Gasteiger partial charge < -0.3 is 14.2 Å². The van der Waals surface area contributed by atoms with Gasteiger partial charge in [0.25, 0.3) is 0 Å². The van der Waals surface area contributed by atoms with E-state index in [1.54, 1.807) is 12.1 Å². The van der Waals surface area contributed by atoms with Gasteiger partial charge in [-0.3, -0.25) is 0 Å². The predicted molar refractivity (Wildman–Crippen MR) is 55.6 cm³/mol. The first-order valence-corrected chi connectivity index (χ1v) is 4.82. The molecule has 0 saturated carbocycles. The van der Waals surface area contributed by atoms with E-state index < -0.39 is 6.61 Å². The second-order valence-electron chi connectivity index (χ2n) is 3.06. The topological polar surface area (TPSA) is 27.7 Å². The molecule has 0 amide bonds. The van der Waals surface area contributed by atoms with Crippen LogP contribution in [0, 0.1) is 0 Å². The third-order valence-electron chi connectivity index (χ3n) is 2.14. The van der Waals surface area contributed by atoms with Crippen molar-refractivity contribution in [2.45, 2.75) is 20.0 Å². The van der Waals surface area contributed by atoms with Crippen LogP contribution in [0.2, 0.25) is 0 Å². The SMILES string of the molecule is CCc1cc(OC)c(OC(F)F)c(OC)c1. The van der Waals surface area contributed by atoms with Gasteiger partial charge in [0, 0.05) is 0 Å². The van der Waals surface area contributed by atoms with Crippen molar-refractivity contribution in [1.82, 2.24) is 0 Å². The summed E-state index contributed by atoms with van der Waals surface area (Å²) in [6, 6.07) is 3.31. The molecule has 0 atom stereocenters. The van der Waals surface area contributed by atoms with Gasteiger partial charge >= 0.3 is 6.61 Å².